The monoisotopic (exact) mass is 406 g/mol. The minimum Gasteiger partial charge on any atom is -0.493 e. The van der Waals surface area contributed by atoms with Crippen LogP contribution in [0.4, 0.5) is 11.4 Å². The number of hydrogen-bond donors (Lipinski definition) is 2. The molecule has 2 aromatic carbocycles. The molecule has 1 amide bonds. The van der Waals surface area contributed by atoms with Gasteiger partial charge in [-0.2, -0.15) is 0 Å². The molecule has 8 nitrogen and oxygen atoms in total. The molecular weight excluding hydrogens is 384 g/mol. The molecule has 1 heterocycles. The van der Waals surface area contributed by atoms with E-state index in [-0.39, 0.29) is 17.4 Å². The normalized spacial score (nSPS) is 15.5. The highest BCUT2D eigenvalue weighted by Crippen LogP contribution is 2.35. The third kappa shape index (κ3) is 3.84. The van der Waals surface area contributed by atoms with Crippen molar-refractivity contribution < 1.29 is 27.4 Å². The lowest BCUT2D eigenvalue weighted by atomic mass is 9.94. The van der Waals surface area contributed by atoms with Crippen molar-refractivity contribution >= 4 is 27.3 Å². The van der Waals surface area contributed by atoms with Gasteiger partial charge in [-0.25, -0.2) is 8.42 Å². The maximum absolute atomic E-state index is 12.7. The van der Waals surface area contributed by atoms with Crippen LogP contribution in [0.25, 0.3) is 0 Å². The summed E-state index contributed by atoms with van der Waals surface area (Å²) >= 11 is 0. The fourth-order valence-corrected chi connectivity index (χ4v) is 3.69. The van der Waals surface area contributed by atoms with Crippen molar-refractivity contribution in [3.8, 4) is 17.2 Å². The van der Waals surface area contributed by atoms with E-state index in [2.05, 4.69) is 10.0 Å². The topological polar surface area (TPSA) is 103 Å². The fraction of sp³-hybridized carbons (Fsp3) is 0.316. The van der Waals surface area contributed by atoms with Crippen molar-refractivity contribution in [2.24, 2.45) is 5.41 Å². The molecule has 0 saturated carbocycles. The summed E-state index contributed by atoms with van der Waals surface area (Å²) in [5.41, 5.74) is 0.102. The first kappa shape index (κ1) is 19.8. The second-order valence-electron chi connectivity index (χ2n) is 6.96. The Morgan fingerprint density at radius 3 is 2.46 bits per heavy atom. The van der Waals surface area contributed by atoms with Crippen molar-refractivity contribution in [2.75, 3.05) is 30.9 Å². The Bertz CT molecular complexity index is 1020. The maximum Gasteiger partial charge on any atom is 0.262 e. The number of fused-ring (bicyclic) bond motifs is 1. The molecule has 1 aliphatic rings. The van der Waals surface area contributed by atoms with E-state index >= 15 is 0 Å². The summed E-state index contributed by atoms with van der Waals surface area (Å²) in [5.74, 6) is 0.968. The van der Waals surface area contributed by atoms with Gasteiger partial charge in [0.2, 0.25) is 5.91 Å². The van der Waals surface area contributed by atoms with Gasteiger partial charge in [0, 0.05) is 12.1 Å². The Kier molecular flexibility index (Phi) is 5.12. The van der Waals surface area contributed by atoms with E-state index in [4.69, 9.17) is 14.2 Å². The van der Waals surface area contributed by atoms with E-state index in [1.807, 2.05) is 0 Å². The summed E-state index contributed by atoms with van der Waals surface area (Å²) in [6, 6.07) is 9.01. The number of carbonyl (C=O) groups is 1. The zero-order valence-electron chi connectivity index (χ0n) is 16.0. The number of rotatable bonds is 5. The number of amides is 1. The summed E-state index contributed by atoms with van der Waals surface area (Å²) in [4.78, 5) is 12.2. The number of methoxy groups -OCH3 is 2. The van der Waals surface area contributed by atoms with Crippen LogP contribution in [0.2, 0.25) is 0 Å². The van der Waals surface area contributed by atoms with Gasteiger partial charge in [0.05, 0.1) is 35.9 Å². The van der Waals surface area contributed by atoms with E-state index in [1.165, 1.54) is 38.5 Å². The molecule has 1 aliphatic heterocycles. The van der Waals surface area contributed by atoms with Crippen molar-refractivity contribution in [1.82, 2.24) is 0 Å². The number of ether oxygens (including phenoxy) is 3. The van der Waals surface area contributed by atoms with Crippen LogP contribution < -0.4 is 24.2 Å². The van der Waals surface area contributed by atoms with E-state index in [9.17, 15) is 13.2 Å². The molecule has 0 aromatic heterocycles. The van der Waals surface area contributed by atoms with Crippen LogP contribution in [0.5, 0.6) is 17.2 Å². The molecular formula is C19H22N2O6S. The summed E-state index contributed by atoms with van der Waals surface area (Å²) in [6.07, 6.45) is 0. The van der Waals surface area contributed by atoms with Crippen LogP contribution in [0, 0.1) is 5.41 Å². The highest BCUT2D eigenvalue weighted by atomic mass is 32.2. The van der Waals surface area contributed by atoms with Gasteiger partial charge in [-0.15, -0.1) is 0 Å². The lowest BCUT2D eigenvalue weighted by Gasteiger charge is -2.18. The molecule has 3 rings (SSSR count). The minimum atomic E-state index is -3.87. The lowest BCUT2D eigenvalue weighted by Crippen LogP contribution is -2.33. The van der Waals surface area contributed by atoms with Crippen molar-refractivity contribution in [1.29, 1.82) is 0 Å². The van der Waals surface area contributed by atoms with Gasteiger partial charge in [0.15, 0.2) is 11.5 Å². The summed E-state index contributed by atoms with van der Waals surface area (Å²) in [6.45, 7) is 3.72. The van der Waals surface area contributed by atoms with Crippen LogP contribution in [-0.4, -0.2) is 35.2 Å². The fourth-order valence-electron chi connectivity index (χ4n) is 2.62. The average Bonchev–Trinajstić information content (AvgIpc) is 2.77. The first-order valence-corrected chi connectivity index (χ1v) is 9.98. The Balaban J connectivity index is 1.88. The van der Waals surface area contributed by atoms with Gasteiger partial charge in [-0.1, -0.05) is 0 Å². The quantitative estimate of drug-likeness (QED) is 0.792. The SMILES string of the molecule is COc1ccc(S(=O)(=O)Nc2ccc3c(c2)OCC(C)(C)C(=O)N3)cc1OC. The Morgan fingerprint density at radius 1 is 1.07 bits per heavy atom. The molecule has 0 saturated heterocycles. The predicted molar refractivity (Wildman–Crippen MR) is 105 cm³/mol. The first-order chi connectivity index (χ1) is 13.2. The second-order valence-corrected chi connectivity index (χ2v) is 8.64. The van der Waals surface area contributed by atoms with E-state index < -0.39 is 15.4 Å². The average molecular weight is 406 g/mol. The van der Waals surface area contributed by atoms with Crippen LogP contribution in [0.3, 0.4) is 0 Å². The Hall–Kier alpha value is -2.94. The zero-order chi connectivity index (χ0) is 20.5. The summed E-state index contributed by atoms with van der Waals surface area (Å²) in [5, 5.41) is 2.79. The third-order valence-corrected chi connectivity index (χ3v) is 5.73. The first-order valence-electron chi connectivity index (χ1n) is 8.49. The van der Waals surface area contributed by atoms with Gasteiger partial charge in [-0.05, 0) is 38.1 Å². The van der Waals surface area contributed by atoms with Crippen LogP contribution >= 0.6 is 0 Å². The van der Waals surface area contributed by atoms with Crippen molar-refractivity contribution in [3.05, 3.63) is 36.4 Å². The summed E-state index contributed by atoms with van der Waals surface area (Å²) in [7, 11) is -0.965. The standard InChI is InChI=1S/C19H22N2O6S/c1-19(2)11-27-16-9-12(5-7-14(16)20-18(19)22)21-28(23,24)13-6-8-15(25-3)17(10-13)26-4/h5-10,21H,11H2,1-4H3,(H,20,22). The number of benzene rings is 2. The van der Waals surface area contributed by atoms with E-state index in [0.29, 0.717) is 28.6 Å². The number of sulfonamides is 1. The molecule has 0 bridgehead atoms. The van der Waals surface area contributed by atoms with Gasteiger partial charge < -0.3 is 19.5 Å². The largest absolute Gasteiger partial charge is 0.493 e. The van der Waals surface area contributed by atoms with Gasteiger partial charge >= 0.3 is 0 Å². The highest BCUT2D eigenvalue weighted by molar-refractivity contribution is 7.92. The minimum absolute atomic E-state index is 0.0236. The van der Waals surface area contributed by atoms with Crippen LogP contribution in [-0.2, 0) is 14.8 Å². The number of anilines is 2. The molecule has 2 N–H and O–H groups in total. The number of carbonyl (C=O) groups excluding carboxylic acids is 1. The van der Waals surface area contributed by atoms with Crippen molar-refractivity contribution in [2.45, 2.75) is 18.7 Å². The summed E-state index contributed by atoms with van der Waals surface area (Å²) < 4.78 is 44.0. The molecule has 0 aliphatic carbocycles. The highest BCUT2D eigenvalue weighted by Gasteiger charge is 2.32. The third-order valence-electron chi connectivity index (χ3n) is 4.35. The maximum atomic E-state index is 12.7. The zero-order valence-corrected chi connectivity index (χ0v) is 16.8. The van der Waals surface area contributed by atoms with Gasteiger partial charge in [0.1, 0.15) is 12.4 Å². The van der Waals surface area contributed by atoms with Gasteiger partial charge in [-0.3, -0.25) is 9.52 Å². The molecule has 0 atom stereocenters. The van der Waals surface area contributed by atoms with E-state index in [0.717, 1.165) is 0 Å². The van der Waals surface area contributed by atoms with Crippen molar-refractivity contribution in [3.63, 3.8) is 0 Å². The second kappa shape index (κ2) is 7.23. The molecule has 0 spiro atoms. The molecule has 0 radical (unpaired) electrons. The predicted octanol–water partition coefficient (Wildman–Crippen LogP) is 2.86. The molecule has 0 unspecified atom stereocenters. The molecule has 150 valence electrons. The molecule has 2 aromatic rings. The Morgan fingerprint density at radius 2 is 1.79 bits per heavy atom. The molecule has 28 heavy (non-hydrogen) atoms. The Labute approximate surface area is 163 Å². The number of nitrogens with one attached hydrogen (secondary N) is 2. The lowest BCUT2D eigenvalue weighted by molar-refractivity contribution is -0.124. The van der Waals surface area contributed by atoms with E-state index in [1.54, 1.807) is 26.0 Å². The van der Waals surface area contributed by atoms with Crippen LogP contribution in [0.1, 0.15) is 13.8 Å². The number of hydrogen-bond acceptors (Lipinski definition) is 6. The van der Waals surface area contributed by atoms with Gasteiger partial charge in [0.25, 0.3) is 10.0 Å². The molecule has 0 fully saturated rings. The smallest absolute Gasteiger partial charge is 0.262 e. The van der Waals surface area contributed by atoms with Crippen LogP contribution in [0.15, 0.2) is 41.3 Å². The molecule has 9 heteroatoms.